The normalized spacial score (nSPS) is 22.4. The minimum absolute atomic E-state index is 0.138. The third-order valence-corrected chi connectivity index (χ3v) is 5.14. The van der Waals surface area contributed by atoms with Gasteiger partial charge in [-0.1, -0.05) is 44.2 Å². The highest BCUT2D eigenvalue weighted by Crippen LogP contribution is 2.50. The minimum atomic E-state index is -1.23. The lowest BCUT2D eigenvalue weighted by atomic mass is 9.73. The molecule has 0 saturated heterocycles. The summed E-state index contributed by atoms with van der Waals surface area (Å²) in [7, 11) is 0. The summed E-state index contributed by atoms with van der Waals surface area (Å²) in [6.07, 6.45) is 1.45. The highest BCUT2D eigenvalue weighted by molar-refractivity contribution is 5.86. The van der Waals surface area contributed by atoms with E-state index in [0.717, 1.165) is 18.4 Å². The molecule has 1 amide bonds. The Kier molecular flexibility index (Phi) is 5.21. The van der Waals surface area contributed by atoms with Crippen LogP contribution in [-0.2, 0) is 16.1 Å². The smallest absolute Gasteiger partial charge is 0.411 e. The summed E-state index contributed by atoms with van der Waals surface area (Å²) in [4.78, 5) is 26.4. The number of hydrogen-bond acceptors (Lipinski definition) is 3. The van der Waals surface area contributed by atoms with Gasteiger partial charge in [-0.15, -0.1) is 0 Å². The molecule has 0 heterocycles. The number of carbonyl (C=O) groups excluding carboxylic acids is 1. The van der Waals surface area contributed by atoms with Gasteiger partial charge in [-0.3, -0.25) is 4.90 Å². The highest BCUT2D eigenvalue weighted by atomic mass is 16.6. The largest absolute Gasteiger partial charge is 0.479 e. The number of carboxylic acid groups (broad SMARTS) is 1. The molecule has 0 radical (unpaired) electrons. The van der Waals surface area contributed by atoms with Crippen molar-refractivity contribution in [3.63, 3.8) is 0 Å². The first-order valence-corrected chi connectivity index (χ1v) is 8.46. The Morgan fingerprint density at radius 1 is 1.21 bits per heavy atom. The Hall–Kier alpha value is -2.04. The summed E-state index contributed by atoms with van der Waals surface area (Å²) in [5.41, 5.74) is -0.853. The van der Waals surface area contributed by atoms with Gasteiger partial charge < -0.3 is 9.84 Å². The van der Waals surface area contributed by atoms with E-state index < -0.39 is 23.0 Å². The van der Waals surface area contributed by atoms with Gasteiger partial charge in [0.1, 0.15) is 12.1 Å². The monoisotopic (exact) mass is 333 g/mol. The molecule has 1 saturated carbocycles. The van der Waals surface area contributed by atoms with Crippen molar-refractivity contribution in [3.05, 3.63) is 35.9 Å². The molecule has 0 spiro atoms. The van der Waals surface area contributed by atoms with E-state index in [1.807, 2.05) is 58.0 Å². The van der Waals surface area contributed by atoms with Gasteiger partial charge in [-0.25, -0.2) is 9.59 Å². The average Bonchev–Trinajstić information content (AvgIpc) is 2.82. The molecule has 1 aliphatic rings. The van der Waals surface area contributed by atoms with E-state index in [-0.39, 0.29) is 12.6 Å². The fourth-order valence-electron chi connectivity index (χ4n) is 3.87. The summed E-state index contributed by atoms with van der Waals surface area (Å²) in [5.74, 6) is -0.949. The van der Waals surface area contributed by atoms with Crippen molar-refractivity contribution in [1.82, 2.24) is 4.90 Å². The Morgan fingerprint density at radius 2 is 1.83 bits per heavy atom. The zero-order chi connectivity index (χ0) is 18.0. The molecule has 132 valence electrons. The molecular formula is C19H27NO4. The van der Waals surface area contributed by atoms with E-state index >= 15 is 0 Å². The second-order valence-electron chi connectivity index (χ2n) is 7.41. The molecular weight excluding hydrogens is 306 g/mol. The Labute approximate surface area is 143 Å². The third-order valence-electron chi connectivity index (χ3n) is 5.14. The quantitative estimate of drug-likeness (QED) is 0.882. The van der Waals surface area contributed by atoms with E-state index in [1.54, 1.807) is 0 Å². The van der Waals surface area contributed by atoms with E-state index in [1.165, 1.54) is 4.90 Å². The fourth-order valence-corrected chi connectivity index (χ4v) is 3.87. The van der Waals surface area contributed by atoms with Crippen molar-refractivity contribution in [1.29, 1.82) is 0 Å². The Bertz CT molecular complexity index is 597. The molecule has 1 aliphatic carbocycles. The minimum Gasteiger partial charge on any atom is -0.479 e. The summed E-state index contributed by atoms with van der Waals surface area (Å²) in [6, 6.07) is 9.14. The predicted molar refractivity (Wildman–Crippen MR) is 91.6 cm³/mol. The SMILES string of the molecule is CC(C)N(C(=O)OCc1ccccc1)C1(C(=O)O)CCCC1(C)C. The number of nitrogens with zero attached hydrogens (tertiary/aromatic N) is 1. The summed E-state index contributed by atoms with van der Waals surface area (Å²) < 4.78 is 5.46. The summed E-state index contributed by atoms with van der Waals surface area (Å²) in [6.45, 7) is 7.66. The highest BCUT2D eigenvalue weighted by Gasteiger charge is 2.60. The average molecular weight is 333 g/mol. The van der Waals surface area contributed by atoms with Gasteiger partial charge in [0.25, 0.3) is 0 Å². The van der Waals surface area contributed by atoms with Gasteiger partial charge in [0.2, 0.25) is 0 Å². The van der Waals surface area contributed by atoms with E-state index in [2.05, 4.69) is 0 Å². The Morgan fingerprint density at radius 3 is 2.29 bits per heavy atom. The zero-order valence-electron chi connectivity index (χ0n) is 14.9. The lowest BCUT2D eigenvalue weighted by molar-refractivity contribution is -0.159. The van der Waals surface area contributed by atoms with Crippen LogP contribution < -0.4 is 0 Å². The van der Waals surface area contributed by atoms with Crippen molar-refractivity contribution in [3.8, 4) is 0 Å². The molecule has 2 rings (SSSR count). The van der Waals surface area contributed by atoms with Gasteiger partial charge in [0.05, 0.1) is 0 Å². The molecule has 1 aromatic carbocycles. The Balaban J connectivity index is 2.27. The lowest BCUT2D eigenvalue weighted by Crippen LogP contribution is -2.64. The number of rotatable bonds is 5. The van der Waals surface area contributed by atoms with Crippen LogP contribution in [0.4, 0.5) is 4.79 Å². The predicted octanol–water partition coefficient (Wildman–Crippen LogP) is 4.07. The van der Waals surface area contributed by atoms with Crippen molar-refractivity contribution in [2.24, 2.45) is 5.41 Å². The second kappa shape index (κ2) is 6.83. The summed E-state index contributed by atoms with van der Waals surface area (Å²) in [5, 5.41) is 10.0. The maximum Gasteiger partial charge on any atom is 0.411 e. The number of carbonyl (C=O) groups is 2. The van der Waals surface area contributed by atoms with E-state index in [0.29, 0.717) is 6.42 Å². The van der Waals surface area contributed by atoms with Gasteiger partial charge in [0.15, 0.2) is 0 Å². The molecule has 1 unspecified atom stereocenters. The molecule has 24 heavy (non-hydrogen) atoms. The van der Waals surface area contributed by atoms with Crippen molar-refractivity contribution < 1.29 is 19.4 Å². The number of amides is 1. The maximum absolute atomic E-state index is 12.8. The molecule has 1 atom stereocenters. The number of ether oxygens (including phenoxy) is 1. The van der Waals surface area contributed by atoms with Crippen molar-refractivity contribution in [2.75, 3.05) is 0 Å². The van der Waals surface area contributed by atoms with E-state index in [4.69, 9.17) is 4.74 Å². The van der Waals surface area contributed by atoms with Crippen LogP contribution in [0.5, 0.6) is 0 Å². The van der Waals surface area contributed by atoms with Crippen LogP contribution in [0.25, 0.3) is 0 Å². The van der Waals surface area contributed by atoms with Crippen LogP contribution in [0.3, 0.4) is 0 Å². The lowest BCUT2D eigenvalue weighted by Gasteiger charge is -2.47. The molecule has 1 N–H and O–H groups in total. The van der Waals surface area contributed by atoms with Crippen molar-refractivity contribution >= 4 is 12.1 Å². The van der Waals surface area contributed by atoms with Crippen LogP contribution in [0.2, 0.25) is 0 Å². The zero-order valence-corrected chi connectivity index (χ0v) is 14.9. The molecule has 1 fully saturated rings. The van der Waals surface area contributed by atoms with Gasteiger partial charge in [0, 0.05) is 6.04 Å². The third kappa shape index (κ3) is 3.12. The van der Waals surface area contributed by atoms with Gasteiger partial charge in [-0.2, -0.15) is 0 Å². The number of benzene rings is 1. The van der Waals surface area contributed by atoms with Gasteiger partial charge in [-0.05, 0) is 44.1 Å². The molecule has 0 aromatic heterocycles. The van der Waals surface area contributed by atoms with Crippen LogP contribution in [0, 0.1) is 5.41 Å². The second-order valence-corrected chi connectivity index (χ2v) is 7.41. The molecule has 0 bridgehead atoms. The molecule has 5 heteroatoms. The maximum atomic E-state index is 12.8. The standard InChI is InChI=1S/C19H27NO4/c1-14(2)20(17(23)24-13-15-9-6-5-7-10-15)19(16(21)22)12-8-11-18(19,3)4/h5-7,9-10,14H,8,11-13H2,1-4H3,(H,21,22). The first-order chi connectivity index (χ1) is 11.2. The van der Waals surface area contributed by atoms with Crippen LogP contribution in [0.15, 0.2) is 30.3 Å². The molecule has 5 nitrogen and oxygen atoms in total. The van der Waals surface area contributed by atoms with E-state index in [9.17, 15) is 14.7 Å². The number of aliphatic carboxylic acids is 1. The van der Waals surface area contributed by atoms with Crippen molar-refractivity contribution in [2.45, 2.75) is 65.1 Å². The van der Waals surface area contributed by atoms with Crippen LogP contribution in [-0.4, -0.2) is 33.6 Å². The first-order valence-electron chi connectivity index (χ1n) is 8.46. The van der Waals surface area contributed by atoms with Crippen LogP contribution in [0.1, 0.15) is 52.5 Å². The number of hydrogen-bond donors (Lipinski definition) is 1. The van der Waals surface area contributed by atoms with Gasteiger partial charge >= 0.3 is 12.1 Å². The molecule has 0 aliphatic heterocycles. The first kappa shape index (κ1) is 18.3. The fraction of sp³-hybridized carbons (Fsp3) is 0.579. The number of carboxylic acids is 1. The summed E-state index contributed by atoms with van der Waals surface area (Å²) >= 11 is 0. The topological polar surface area (TPSA) is 66.8 Å². The van der Waals surface area contributed by atoms with Crippen LogP contribution >= 0.6 is 0 Å². The molecule has 1 aromatic rings.